The lowest BCUT2D eigenvalue weighted by atomic mass is 10.1. The highest BCUT2D eigenvalue weighted by Crippen LogP contribution is 2.24. The van der Waals surface area contributed by atoms with Crippen molar-refractivity contribution in [2.75, 3.05) is 6.54 Å². The molecule has 0 spiro atoms. The molecule has 2 aromatic carbocycles. The van der Waals surface area contributed by atoms with Crippen LogP contribution < -0.4 is 5.32 Å². The van der Waals surface area contributed by atoms with Crippen LogP contribution in [0.1, 0.15) is 38.7 Å². The average molecular weight is 498 g/mol. The molecule has 0 fully saturated rings. The van der Waals surface area contributed by atoms with Crippen LogP contribution in [0.3, 0.4) is 0 Å². The minimum absolute atomic E-state index is 0.245. The van der Waals surface area contributed by atoms with E-state index in [0.717, 1.165) is 33.7 Å². The van der Waals surface area contributed by atoms with Gasteiger partial charge in [0.2, 0.25) is 0 Å². The minimum atomic E-state index is -0.245. The zero-order valence-corrected chi connectivity index (χ0v) is 21.3. The summed E-state index contributed by atoms with van der Waals surface area (Å²) in [5.74, 6) is 0.208. The number of thioether (sulfide) groups is 1. The fraction of sp³-hybridized carbons (Fsp3) is 0.222. The highest BCUT2D eigenvalue weighted by molar-refractivity contribution is 7.98. The van der Waals surface area contributed by atoms with Crippen LogP contribution in [0.4, 0.5) is 0 Å². The van der Waals surface area contributed by atoms with Crippen molar-refractivity contribution in [2.45, 2.75) is 38.1 Å². The maximum absolute atomic E-state index is 13.2. The van der Waals surface area contributed by atoms with Gasteiger partial charge >= 0.3 is 0 Å². The Morgan fingerprint density at radius 2 is 1.78 bits per heavy atom. The van der Waals surface area contributed by atoms with Crippen molar-refractivity contribution >= 4 is 28.6 Å². The Morgan fingerprint density at radius 3 is 2.56 bits per heavy atom. The van der Waals surface area contributed by atoms with Gasteiger partial charge < -0.3 is 10.3 Å². The van der Waals surface area contributed by atoms with Crippen LogP contribution in [0.2, 0.25) is 0 Å². The first-order chi connectivity index (χ1) is 17.5. The Bertz CT molecular complexity index is 1500. The summed E-state index contributed by atoms with van der Waals surface area (Å²) >= 11 is 1.47. The number of para-hydroxylation sites is 1. The number of aromatic amines is 1. The molecule has 3 heterocycles. The molecular formula is C27H27N7OS. The van der Waals surface area contributed by atoms with E-state index in [0.29, 0.717) is 35.3 Å². The van der Waals surface area contributed by atoms with E-state index >= 15 is 0 Å². The number of carbonyl (C=O) groups excluding carboxylic acids is 1. The van der Waals surface area contributed by atoms with Crippen LogP contribution >= 0.6 is 11.8 Å². The summed E-state index contributed by atoms with van der Waals surface area (Å²) in [6.45, 7) is 6.42. The summed E-state index contributed by atoms with van der Waals surface area (Å²) < 4.78 is 1.73. The number of rotatable bonds is 8. The fourth-order valence-corrected chi connectivity index (χ4v) is 5.07. The number of amides is 1. The van der Waals surface area contributed by atoms with E-state index in [9.17, 15) is 4.79 Å². The molecule has 3 aromatic heterocycles. The Balaban J connectivity index is 1.36. The standard InChI is InChI=1S/C27H27N7OS/c1-17-8-10-21(11-9-17)34-24(16-36-27-30-18(2)14-19(3)31-27)25(32-33-34)26(35)28-13-12-20-15-29-23-7-5-4-6-22(20)23/h4-11,14-15,29H,12-13,16H2,1-3H3,(H,28,35). The first-order valence-corrected chi connectivity index (χ1v) is 12.8. The number of fused-ring (bicyclic) bond motifs is 1. The molecule has 9 heteroatoms. The molecule has 0 aliphatic carbocycles. The van der Waals surface area contributed by atoms with Crippen molar-refractivity contribution in [3.63, 3.8) is 0 Å². The van der Waals surface area contributed by atoms with Crippen LogP contribution in [0, 0.1) is 20.8 Å². The number of hydrogen-bond donors (Lipinski definition) is 2. The summed E-state index contributed by atoms with van der Waals surface area (Å²) in [5.41, 5.74) is 7.08. The first kappa shape index (κ1) is 23.7. The lowest BCUT2D eigenvalue weighted by molar-refractivity contribution is 0.0948. The largest absolute Gasteiger partial charge is 0.361 e. The minimum Gasteiger partial charge on any atom is -0.361 e. The number of H-pyrrole nitrogens is 1. The van der Waals surface area contributed by atoms with Crippen molar-refractivity contribution in [3.8, 4) is 5.69 Å². The molecule has 2 N–H and O–H groups in total. The summed E-state index contributed by atoms with van der Waals surface area (Å²) in [5, 5.41) is 13.5. The number of hydrogen-bond acceptors (Lipinski definition) is 6. The Kier molecular flexibility index (Phi) is 6.81. The van der Waals surface area contributed by atoms with Gasteiger partial charge in [-0.25, -0.2) is 14.6 Å². The molecule has 0 radical (unpaired) electrons. The van der Waals surface area contributed by atoms with E-state index in [2.05, 4.69) is 36.6 Å². The maximum Gasteiger partial charge on any atom is 0.273 e. The van der Waals surface area contributed by atoms with E-state index in [4.69, 9.17) is 0 Å². The van der Waals surface area contributed by atoms with Crippen LogP contribution in [0.15, 0.2) is 66.0 Å². The highest BCUT2D eigenvalue weighted by atomic mass is 32.2. The lowest BCUT2D eigenvalue weighted by Gasteiger charge is -2.09. The predicted molar refractivity (Wildman–Crippen MR) is 141 cm³/mol. The number of aryl methyl sites for hydroxylation is 3. The maximum atomic E-state index is 13.2. The van der Waals surface area contributed by atoms with Gasteiger partial charge in [0.1, 0.15) is 0 Å². The van der Waals surface area contributed by atoms with Crippen molar-refractivity contribution in [2.24, 2.45) is 0 Å². The number of nitrogens with one attached hydrogen (secondary N) is 2. The van der Waals surface area contributed by atoms with Crippen LogP contribution in [0.5, 0.6) is 0 Å². The molecule has 36 heavy (non-hydrogen) atoms. The van der Waals surface area contributed by atoms with Gasteiger partial charge in [0.25, 0.3) is 5.91 Å². The first-order valence-electron chi connectivity index (χ1n) is 11.8. The molecule has 5 aromatic rings. The number of carbonyl (C=O) groups is 1. The summed E-state index contributed by atoms with van der Waals surface area (Å²) in [4.78, 5) is 25.5. The zero-order chi connectivity index (χ0) is 25.1. The second-order valence-corrected chi connectivity index (χ2v) is 9.66. The van der Waals surface area contributed by atoms with Crippen LogP contribution in [-0.2, 0) is 12.2 Å². The van der Waals surface area contributed by atoms with Gasteiger partial charge in [-0.15, -0.1) is 5.10 Å². The Morgan fingerprint density at radius 1 is 1.03 bits per heavy atom. The molecule has 1 amide bonds. The third-order valence-electron chi connectivity index (χ3n) is 5.91. The molecular weight excluding hydrogens is 470 g/mol. The molecule has 0 saturated heterocycles. The summed E-state index contributed by atoms with van der Waals surface area (Å²) in [6.07, 6.45) is 2.71. The van der Waals surface area contributed by atoms with Crippen molar-refractivity contribution in [1.82, 2.24) is 35.3 Å². The van der Waals surface area contributed by atoms with Crippen LogP contribution in [0.25, 0.3) is 16.6 Å². The molecule has 0 aliphatic rings. The molecule has 182 valence electrons. The van der Waals surface area contributed by atoms with Crippen molar-refractivity contribution in [1.29, 1.82) is 0 Å². The van der Waals surface area contributed by atoms with Gasteiger partial charge in [0, 0.05) is 40.8 Å². The second-order valence-electron chi connectivity index (χ2n) is 8.72. The lowest BCUT2D eigenvalue weighted by Crippen LogP contribution is -2.27. The molecule has 8 nitrogen and oxygen atoms in total. The molecule has 0 unspecified atom stereocenters. The summed E-state index contributed by atoms with van der Waals surface area (Å²) in [6, 6.07) is 18.1. The van der Waals surface area contributed by atoms with Gasteiger partial charge in [0.05, 0.1) is 11.4 Å². The van der Waals surface area contributed by atoms with Gasteiger partial charge in [-0.2, -0.15) is 0 Å². The third kappa shape index (κ3) is 5.16. The number of nitrogens with zero attached hydrogens (tertiary/aromatic N) is 5. The Hall–Kier alpha value is -3.98. The van der Waals surface area contributed by atoms with Crippen LogP contribution in [-0.4, -0.2) is 42.4 Å². The van der Waals surface area contributed by atoms with E-state index in [1.165, 1.54) is 17.1 Å². The normalized spacial score (nSPS) is 11.2. The molecule has 0 aliphatic heterocycles. The molecule has 0 saturated carbocycles. The monoisotopic (exact) mass is 497 g/mol. The molecule has 5 rings (SSSR count). The van der Waals surface area contributed by atoms with Crippen molar-refractivity contribution in [3.05, 3.63) is 94.7 Å². The topological polar surface area (TPSA) is 101 Å². The summed E-state index contributed by atoms with van der Waals surface area (Å²) in [7, 11) is 0. The SMILES string of the molecule is Cc1ccc(-n2nnc(C(=O)NCCc3c[nH]c4ccccc34)c2CSc2nc(C)cc(C)n2)cc1. The Labute approximate surface area is 213 Å². The zero-order valence-electron chi connectivity index (χ0n) is 20.4. The van der Waals surface area contributed by atoms with Gasteiger partial charge in [0.15, 0.2) is 10.9 Å². The van der Waals surface area contributed by atoms with E-state index in [-0.39, 0.29) is 5.91 Å². The second kappa shape index (κ2) is 10.3. The smallest absolute Gasteiger partial charge is 0.273 e. The highest BCUT2D eigenvalue weighted by Gasteiger charge is 2.21. The quantitative estimate of drug-likeness (QED) is 0.237. The van der Waals surface area contributed by atoms with E-state index in [1.807, 2.05) is 75.5 Å². The average Bonchev–Trinajstić information content (AvgIpc) is 3.47. The number of aromatic nitrogens is 6. The predicted octanol–water partition coefficient (Wildman–Crippen LogP) is 4.73. The van der Waals surface area contributed by atoms with Gasteiger partial charge in [-0.3, -0.25) is 4.79 Å². The van der Waals surface area contributed by atoms with E-state index < -0.39 is 0 Å². The molecule has 0 atom stereocenters. The molecule has 0 bridgehead atoms. The van der Waals surface area contributed by atoms with E-state index in [1.54, 1.807) is 4.68 Å². The third-order valence-corrected chi connectivity index (χ3v) is 6.77. The van der Waals surface area contributed by atoms with Gasteiger partial charge in [-0.05, 0) is 57.0 Å². The fourth-order valence-electron chi connectivity index (χ4n) is 4.12. The van der Waals surface area contributed by atoms with Crippen molar-refractivity contribution < 1.29 is 4.79 Å². The van der Waals surface area contributed by atoms with Gasteiger partial charge in [-0.1, -0.05) is 52.9 Å². The number of benzene rings is 2.